The monoisotopic (exact) mass is 446 g/mol. The topological polar surface area (TPSA) is 90.5 Å². The number of benzene rings is 3. The average Bonchev–Trinajstić information content (AvgIpc) is 3.31. The molecule has 3 aromatic rings. The first-order valence-corrected chi connectivity index (χ1v) is 11.2. The van der Waals surface area contributed by atoms with Crippen LogP contribution in [0.1, 0.15) is 10.4 Å². The van der Waals surface area contributed by atoms with E-state index in [1.807, 2.05) is 24.3 Å². The van der Waals surface area contributed by atoms with Gasteiger partial charge in [-0.3, -0.25) is 9.59 Å². The van der Waals surface area contributed by atoms with Crippen molar-refractivity contribution in [3.63, 3.8) is 0 Å². The Bertz CT molecular complexity index is 1090. The Balaban J connectivity index is 1.34. The van der Waals surface area contributed by atoms with E-state index in [0.29, 0.717) is 34.3 Å². The molecule has 4 amide bonds. The van der Waals surface area contributed by atoms with Gasteiger partial charge in [-0.25, -0.2) is 4.79 Å². The SMILES string of the molecule is O=C(Nc1ccccc1)Nc1ccc(NC(=O)[C@@H]2CSCN2C(=O)c2ccccc2)cc1. The van der Waals surface area contributed by atoms with Crippen molar-refractivity contribution in [2.24, 2.45) is 0 Å². The van der Waals surface area contributed by atoms with Gasteiger partial charge in [0.1, 0.15) is 6.04 Å². The van der Waals surface area contributed by atoms with E-state index >= 15 is 0 Å². The van der Waals surface area contributed by atoms with E-state index in [9.17, 15) is 14.4 Å². The van der Waals surface area contributed by atoms with Crippen LogP contribution >= 0.6 is 11.8 Å². The van der Waals surface area contributed by atoms with Crippen molar-refractivity contribution in [2.45, 2.75) is 6.04 Å². The van der Waals surface area contributed by atoms with E-state index in [0.717, 1.165) is 0 Å². The Hall–Kier alpha value is -3.78. The van der Waals surface area contributed by atoms with Gasteiger partial charge in [0.2, 0.25) is 5.91 Å². The van der Waals surface area contributed by atoms with Crippen LogP contribution in [-0.2, 0) is 4.79 Å². The molecule has 3 aromatic carbocycles. The molecule has 162 valence electrons. The van der Waals surface area contributed by atoms with E-state index in [1.165, 1.54) is 0 Å². The zero-order valence-electron chi connectivity index (χ0n) is 17.2. The summed E-state index contributed by atoms with van der Waals surface area (Å²) in [4.78, 5) is 39.3. The maximum Gasteiger partial charge on any atom is 0.323 e. The fourth-order valence-corrected chi connectivity index (χ4v) is 4.44. The molecule has 0 unspecified atom stereocenters. The number of amides is 4. The first kappa shape index (κ1) is 21.5. The summed E-state index contributed by atoms with van der Waals surface area (Å²) in [6.45, 7) is 0. The van der Waals surface area contributed by atoms with Gasteiger partial charge in [-0.05, 0) is 48.5 Å². The normalized spacial score (nSPS) is 15.1. The first-order valence-electron chi connectivity index (χ1n) is 10.1. The minimum absolute atomic E-state index is 0.153. The molecular weight excluding hydrogens is 424 g/mol. The van der Waals surface area contributed by atoms with Crippen LogP contribution in [0.15, 0.2) is 84.9 Å². The van der Waals surface area contributed by atoms with Crippen LogP contribution in [-0.4, -0.2) is 40.4 Å². The van der Waals surface area contributed by atoms with Crippen LogP contribution in [0.25, 0.3) is 0 Å². The molecule has 7 nitrogen and oxygen atoms in total. The maximum atomic E-state index is 12.8. The number of rotatable bonds is 5. The van der Waals surface area contributed by atoms with Crippen LogP contribution in [0.3, 0.4) is 0 Å². The van der Waals surface area contributed by atoms with Gasteiger partial charge in [0.25, 0.3) is 5.91 Å². The van der Waals surface area contributed by atoms with Crippen molar-refractivity contribution < 1.29 is 14.4 Å². The van der Waals surface area contributed by atoms with Crippen LogP contribution in [0.5, 0.6) is 0 Å². The molecule has 0 aliphatic carbocycles. The molecule has 0 aromatic heterocycles. The van der Waals surface area contributed by atoms with Crippen molar-refractivity contribution in [1.29, 1.82) is 0 Å². The first-order chi connectivity index (χ1) is 15.6. The van der Waals surface area contributed by atoms with Gasteiger partial charge >= 0.3 is 6.03 Å². The summed E-state index contributed by atoms with van der Waals surface area (Å²) >= 11 is 1.55. The van der Waals surface area contributed by atoms with Crippen molar-refractivity contribution in [3.05, 3.63) is 90.5 Å². The zero-order valence-corrected chi connectivity index (χ0v) is 18.0. The molecule has 1 aliphatic heterocycles. The molecule has 1 saturated heterocycles. The van der Waals surface area contributed by atoms with Gasteiger partial charge in [0.15, 0.2) is 0 Å². The summed E-state index contributed by atoms with van der Waals surface area (Å²) in [5.41, 5.74) is 2.44. The van der Waals surface area contributed by atoms with Crippen LogP contribution < -0.4 is 16.0 Å². The Labute approximate surface area is 190 Å². The van der Waals surface area contributed by atoms with Gasteiger partial charge in [0, 0.05) is 28.4 Å². The van der Waals surface area contributed by atoms with E-state index in [1.54, 1.807) is 77.3 Å². The predicted octanol–water partition coefficient (Wildman–Crippen LogP) is 4.48. The molecule has 0 radical (unpaired) electrons. The van der Waals surface area contributed by atoms with E-state index in [2.05, 4.69) is 16.0 Å². The molecule has 0 bridgehead atoms. The summed E-state index contributed by atoms with van der Waals surface area (Å²) in [5.74, 6) is 0.635. The fourth-order valence-electron chi connectivity index (χ4n) is 3.28. The lowest BCUT2D eigenvalue weighted by atomic mass is 10.1. The third kappa shape index (κ3) is 5.28. The maximum absolute atomic E-state index is 12.8. The number of hydrogen-bond acceptors (Lipinski definition) is 4. The van der Waals surface area contributed by atoms with Crippen LogP contribution in [0.2, 0.25) is 0 Å². The predicted molar refractivity (Wildman–Crippen MR) is 128 cm³/mol. The van der Waals surface area contributed by atoms with E-state index in [-0.39, 0.29) is 17.8 Å². The molecule has 1 atom stereocenters. The summed E-state index contributed by atoms with van der Waals surface area (Å²) in [6.07, 6.45) is 0. The Kier molecular flexibility index (Phi) is 6.72. The second kappa shape index (κ2) is 10.0. The van der Waals surface area contributed by atoms with Crippen molar-refractivity contribution >= 4 is 46.7 Å². The summed E-state index contributed by atoms with van der Waals surface area (Å²) < 4.78 is 0. The number of nitrogens with one attached hydrogen (secondary N) is 3. The van der Waals surface area contributed by atoms with Gasteiger partial charge < -0.3 is 20.9 Å². The second-order valence-electron chi connectivity index (χ2n) is 7.17. The van der Waals surface area contributed by atoms with Crippen molar-refractivity contribution in [2.75, 3.05) is 27.6 Å². The summed E-state index contributed by atoms with van der Waals surface area (Å²) in [5, 5.41) is 8.36. The minimum atomic E-state index is -0.540. The third-order valence-electron chi connectivity index (χ3n) is 4.91. The van der Waals surface area contributed by atoms with Crippen LogP contribution in [0, 0.1) is 0 Å². The Morgan fingerprint density at radius 1 is 0.719 bits per heavy atom. The highest BCUT2D eigenvalue weighted by molar-refractivity contribution is 7.99. The molecule has 1 aliphatic rings. The van der Waals surface area contributed by atoms with Gasteiger partial charge in [-0.2, -0.15) is 0 Å². The Morgan fingerprint density at radius 2 is 1.25 bits per heavy atom. The fraction of sp³-hybridized carbons (Fsp3) is 0.125. The number of urea groups is 1. The number of carbonyl (C=O) groups excluding carboxylic acids is 3. The molecule has 3 N–H and O–H groups in total. The standard InChI is InChI=1S/C24H22N4O3S/c29-22(21-15-32-16-28(21)23(30)17-7-3-1-4-8-17)25-19-11-13-20(14-12-19)27-24(31)26-18-9-5-2-6-10-18/h1-14,21H,15-16H2,(H,25,29)(H2,26,27,31)/t21-/m0/s1. The highest BCUT2D eigenvalue weighted by atomic mass is 32.2. The van der Waals surface area contributed by atoms with Crippen molar-refractivity contribution in [1.82, 2.24) is 4.90 Å². The average molecular weight is 447 g/mol. The van der Waals surface area contributed by atoms with Crippen LogP contribution in [0.4, 0.5) is 21.9 Å². The summed E-state index contributed by atoms with van der Waals surface area (Å²) in [7, 11) is 0. The lowest BCUT2D eigenvalue weighted by Crippen LogP contribution is -2.44. The van der Waals surface area contributed by atoms with Gasteiger partial charge in [0.05, 0.1) is 5.88 Å². The lowest BCUT2D eigenvalue weighted by molar-refractivity contribution is -0.119. The molecule has 1 fully saturated rings. The second-order valence-corrected chi connectivity index (χ2v) is 8.17. The van der Waals surface area contributed by atoms with Gasteiger partial charge in [-0.1, -0.05) is 36.4 Å². The highest BCUT2D eigenvalue weighted by Crippen LogP contribution is 2.25. The van der Waals surface area contributed by atoms with E-state index < -0.39 is 6.04 Å². The number of hydrogen-bond donors (Lipinski definition) is 3. The Morgan fingerprint density at radius 3 is 1.88 bits per heavy atom. The molecule has 4 rings (SSSR count). The largest absolute Gasteiger partial charge is 0.324 e. The number of anilines is 3. The molecule has 0 saturated carbocycles. The number of carbonyl (C=O) groups is 3. The molecule has 0 spiro atoms. The summed E-state index contributed by atoms with van der Waals surface area (Å²) in [6, 6.07) is 24.0. The van der Waals surface area contributed by atoms with Crippen molar-refractivity contribution in [3.8, 4) is 0 Å². The molecule has 8 heteroatoms. The quantitative estimate of drug-likeness (QED) is 0.539. The third-order valence-corrected chi connectivity index (χ3v) is 5.92. The smallest absolute Gasteiger partial charge is 0.323 e. The highest BCUT2D eigenvalue weighted by Gasteiger charge is 2.35. The lowest BCUT2D eigenvalue weighted by Gasteiger charge is -2.23. The number of nitrogens with zero attached hydrogens (tertiary/aromatic N) is 1. The minimum Gasteiger partial charge on any atom is -0.324 e. The van der Waals surface area contributed by atoms with Gasteiger partial charge in [-0.15, -0.1) is 11.8 Å². The van der Waals surface area contributed by atoms with E-state index in [4.69, 9.17) is 0 Å². The molecule has 1 heterocycles. The zero-order chi connectivity index (χ0) is 22.3. The number of thioether (sulfide) groups is 1. The number of para-hydroxylation sites is 1. The molecular formula is C24H22N4O3S. The molecule has 32 heavy (non-hydrogen) atoms.